The third-order valence-corrected chi connectivity index (χ3v) is 3.49. The van der Waals surface area contributed by atoms with Gasteiger partial charge in [-0.3, -0.25) is 0 Å². The molecule has 0 aliphatic carbocycles. The third-order valence-electron chi connectivity index (χ3n) is 3.20. The molecule has 3 rings (SSSR count). The number of hydrogen-bond acceptors (Lipinski definition) is 3. The summed E-state index contributed by atoms with van der Waals surface area (Å²) < 4.78 is 13.2. The summed E-state index contributed by atoms with van der Waals surface area (Å²) in [5.41, 5.74) is 2.65. The summed E-state index contributed by atoms with van der Waals surface area (Å²) in [6.45, 7) is 0.367. The molecule has 2 aromatic heterocycles. The second kappa shape index (κ2) is 6.06. The van der Waals surface area contributed by atoms with Gasteiger partial charge in [-0.15, -0.1) is 11.6 Å². The van der Waals surface area contributed by atoms with E-state index >= 15 is 0 Å². The van der Waals surface area contributed by atoms with Crippen molar-refractivity contribution in [3.05, 3.63) is 60.0 Å². The molecule has 0 saturated heterocycles. The number of pyridine rings is 1. The van der Waals surface area contributed by atoms with Gasteiger partial charge in [0.05, 0.1) is 18.7 Å². The van der Waals surface area contributed by atoms with Gasteiger partial charge >= 0.3 is 0 Å². The minimum atomic E-state index is 0.367. The van der Waals surface area contributed by atoms with E-state index in [4.69, 9.17) is 21.1 Å². The van der Waals surface area contributed by atoms with Gasteiger partial charge in [-0.25, -0.2) is 4.98 Å². The number of ether oxygens (including phenoxy) is 2. The van der Waals surface area contributed by atoms with Crippen molar-refractivity contribution in [3.63, 3.8) is 0 Å². The summed E-state index contributed by atoms with van der Waals surface area (Å²) in [5.74, 6) is 1.72. The van der Waals surface area contributed by atoms with E-state index in [1.807, 2.05) is 53.2 Å². The number of fused-ring (bicyclic) bond motifs is 1. The molecule has 3 aromatic rings. The highest BCUT2D eigenvalue weighted by molar-refractivity contribution is 6.17. The zero-order chi connectivity index (χ0) is 14.7. The Balaban J connectivity index is 1.84. The lowest BCUT2D eigenvalue weighted by Crippen LogP contribution is -2.00. The number of para-hydroxylation sites is 1. The highest BCUT2D eigenvalue weighted by Crippen LogP contribution is 2.32. The molecule has 0 amide bonds. The Labute approximate surface area is 127 Å². The summed E-state index contributed by atoms with van der Waals surface area (Å²) in [5, 5.41) is 0. The standard InChI is InChI=1S/C16H15ClN2O2/c1-20-14-6-4-5-12(9-17)16(14)21-11-13-10-19-8-3-2-7-15(19)18-13/h2-8,10H,9,11H2,1H3. The summed E-state index contributed by atoms with van der Waals surface area (Å²) >= 11 is 5.95. The number of benzene rings is 1. The fraction of sp³-hybridized carbons (Fsp3) is 0.188. The lowest BCUT2D eigenvalue weighted by molar-refractivity contribution is 0.279. The number of hydrogen-bond donors (Lipinski definition) is 0. The molecule has 0 bridgehead atoms. The lowest BCUT2D eigenvalue weighted by Gasteiger charge is -2.12. The zero-order valence-corrected chi connectivity index (χ0v) is 12.4. The highest BCUT2D eigenvalue weighted by Gasteiger charge is 2.11. The Hall–Kier alpha value is -2.20. The molecule has 0 unspecified atom stereocenters. The Morgan fingerprint density at radius 1 is 1.19 bits per heavy atom. The van der Waals surface area contributed by atoms with Crippen LogP contribution in [0, 0.1) is 0 Å². The molecule has 2 heterocycles. The number of halogens is 1. The molecule has 0 saturated carbocycles. The van der Waals surface area contributed by atoms with Crippen LogP contribution in [-0.4, -0.2) is 16.5 Å². The van der Waals surface area contributed by atoms with E-state index in [0.29, 0.717) is 24.0 Å². The van der Waals surface area contributed by atoms with Gasteiger partial charge in [0, 0.05) is 18.0 Å². The molecule has 5 heteroatoms. The molecular formula is C16H15ClN2O2. The fourth-order valence-corrected chi connectivity index (χ4v) is 2.40. The van der Waals surface area contributed by atoms with E-state index in [-0.39, 0.29) is 0 Å². The Bertz CT molecular complexity index is 700. The van der Waals surface area contributed by atoms with Crippen LogP contribution in [0.4, 0.5) is 0 Å². The van der Waals surface area contributed by atoms with Crippen molar-refractivity contribution in [1.82, 2.24) is 9.38 Å². The second-order valence-electron chi connectivity index (χ2n) is 4.57. The predicted octanol–water partition coefficient (Wildman–Crippen LogP) is 3.66. The van der Waals surface area contributed by atoms with Crippen molar-refractivity contribution in [2.75, 3.05) is 7.11 Å². The quantitative estimate of drug-likeness (QED) is 0.675. The molecule has 0 radical (unpaired) electrons. The summed E-state index contributed by atoms with van der Waals surface area (Å²) in [6, 6.07) is 11.6. The molecule has 1 aromatic carbocycles. The summed E-state index contributed by atoms with van der Waals surface area (Å²) in [6.07, 6.45) is 3.91. The van der Waals surface area contributed by atoms with Gasteiger partial charge in [0.2, 0.25) is 0 Å². The average Bonchev–Trinajstić information content (AvgIpc) is 2.95. The van der Waals surface area contributed by atoms with Gasteiger partial charge in [0.1, 0.15) is 12.3 Å². The molecule has 108 valence electrons. The van der Waals surface area contributed by atoms with Crippen LogP contribution in [0.15, 0.2) is 48.8 Å². The number of aromatic nitrogens is 2. The van der Waals surface area contributed by atoms with Crippen molar-refractivity contribution in [3.8, 4) is 11.5 Å². The smallest absolute Gasteiger partial charge is 0.166 e. The molecule has 0 spiro atoms. The average molecular weight is 303 g/mol. The molecule has 21 heavy (non-hydrogen) atoms. The van der Waals surface area contributed by atoms with Gasteiger partial charge in [-0.1, -0.05) is 18.2 Å². The normalized spacial score (nSPS) is 10.8. The van der Waals surface area contributed by atoms with Gasteiger partial charge in [0.25, 0.3) is 0 Å². The first-order valence-corrected chi connectivity index (χ1v) is 7.12. The maximum atomic E-state index is 5.95. The van der Waals surface area contributed by atoms with E-state index in [1.165, 1.54) is 0 Å². The predicted molar refractivity (Wildman–Crippen MR) is 82.1 cm³/mol. The molecule has 0 atom stereocenters. The van der Waals surface area contributed by atoms with Crippen LogP contribution < -0.4 is 9.47 Å². The van der Waals surface area contributed by atoms with Crippen LogP contribution in [0.3, 0.4) is 0 Å². The van der Waals surface area contributed by atoms with E-state index in [9.17, 15) is 0 Å². The molecule has 0 aliphatic heterocycles. The minimum absolute atomic E-state index is 0.367. The SMILES string of the molecule is COc1cccc(CCl)c1OCc1cn2ccccc2n1. The number of imidazole rings is 1. The third kappa shape index (κ3) is 2.81. The summed E-state index contributed by atoms with van der Waals surface area (Å²) in [7, 11) is 1.62. The monoisotopic (exact) mass is 302 g/mol. The topological polar surface area (TPSA) is 35.8 Å². The molecular weight excluding hydrogens is 288 g/mol. The first-order valence-electron chi connectivity index (χ1n) is 6.59. The largest absolute Gasteiger partial charge is 0.493 e. The number of alkyl halides is 1. The Morgan fingerprint density at radius 2 is 2.10 bits per heavy atom. The Kier molecular flexibility index (Phi) is 3.97. The lowest BCUT2D eigenvalue weighted by atomic mass is 10.2. The Morgan fingerprint density at radius 3 is 2.86 bits per heavy atom. The summed E-state index contributed by atoms with van der Waals surface area (Å²) in [4.78, 5) is 4.50. The van der Waals surface area contributed by atoms with Crippen molar-refractivity contribution >= 4 is 17.2 Å². The minimum Gasteiger partial charge on any atom is -0.493 e. The van der Waals surface area contributed by atoms with Crippen LogP contribution >= 0.6 is 11.6 Å². The van der Waals surface area contributed by atoms with Crippen molar-refractivity contribution in [1.29, 1.82) is 0 Å². The molecule has 0 N–H and O–H groups in total. The molecule has 0 aliphatic rings. The fourth-order valence-electron chi connectivity index (χ4n) is 2.19. The number of rotatable bonds is 5. The van der Waals surface area contributed by atoms with Crippen LogP contribution in [0.5, 0.6) is 11.5 Å². The first-order chi connectivity index (χ1) is 10.3. The van der Waals surface area contributed by atoms with E-state index in [0.717, 1.165) is 16.9 Å². The van der Waals surface area contributed by atoms with Crippen molar-refractivity contribution in [2.24, 2.45) is 0 Å². The van der Waals surface area contributed by atoms with Gasteiger partial charge < -0.3 is 13.9 Å². The maximum Gasteiger partial charge on any atom is 0.166 e. The first kappa shape index (κ1) is 13.8. The molecule has 4 nitrogen and oxygen atoms in total. The number of nitrogens with zero attached hydrogens (tertiary/aromatic N) is 2. The van der Waals surface area contributed by atoms with E-state index in [1.54, 1.807) is 7.11 Å². The van der Waals surface area contributed by atoms with Crippen molar-refractivity contribution in [2.45, 2.75) is 12.5 Å². The second-order valence-corrected chi connectivity index (χ2v) is 4.84. The van der Waals surface area contributed by atoms with Crippen LogP contribution in [0.2, 0.25) is 0 Å². The van der Waals surface area contributed by atoms with E-state index < -0.39 is 0 Å². The molecule has 0 fully saturated rings. The zero-order valence-electron chi connectivity index (χ0n) is 11.6. The van der Waals surface area contributed by atoms with Gasteiger partial charge in [-0.2, -0.15) is 0 Å². The number of methoxy groups -OCH3 is 1. The van der Waals surface area contributed by atoms with E-state index in [2.05, 4.69) is 4.98 Å². The van der Waals surface area contributed by atoms with Gasteiger partial charge in [0.15, 0.2) is 11.5 Å². The highest BCUT2D eigenvalue weighted by atomic mass is 35.5. The maximum absolute atomic E-state index is 5.95. The van der Waals surface area contributed by atoms with Crippen molar-refractivity contribution < 1.29 is 9.47 Å². The van der Waals surface area contributed by atoms with Crippen LogP contribution in [0.1, 0.15) is 11.3 Å². The van der Waals surface area contributed by atoms with Crippen LogP contribution in [0.25, 0.3) is 5.65 Å². The van der Waals surface area contributed by atoms with Crippen LogP contribution in [-0.2, 0) is 12.5 Å². The van der Waals surface area contributed by atoms with Gasteiger partial charge in [-0.05, 0) is 18.2 Å².